The number of hydrogen-bond acceptors (Lipinski definition) is 2. The van der Waals surface area contributed by atoms with Crippen LogP contribution in [-0.2, 0) is 6.54 Å². The van der Waals surface area contributed by atoms with Crippen molar-refractivity contribution < 1.29 is 4.39 Å². The second-order valence-corrected chi connectivity index (χ2v) is 5.20. The number of anilines is 1. The molecule has 0 fully saturated rings. The van der Waals surface area contributed by atoms with Crippen LogP contribution >= 0.6 is 15.9 Å². The lowest BCUT2D eigenvalue weighted by Crippen LogP contribution is -2.02. The molecule has 0 saturated heterocycles. The van der Waals surface area contributed by atoms with Gasteiger partial charge in [-0.3, -0.25) is 0 Å². The van der Waals surface area contributed by atoms with Crippen LogP contribution in [0.25, 0.3) is 0 Å². The Kier molecular flexibility index (Phi) is 4.18. The lowest BCUT2D eigenvalue weighted by molar-refractivity contribution is 0.612. The molecule has 0 aliphatic heterocycles. The van der Waals surface area contributed by atoms with Gasteiger partial charge in [0.15, 0.2) is 0 Å². The quantitative estimate of drug-likeness (QED) is 0.911. The number of halogens is 2. The van der Waals surface area contributed by atoms with Gasteiger partial charge in [-0.05, 0) is 48.9 Å². The van der Waals surface area contributed by atoms with E-state index in [2.05, 4.69) is 21.2 Å². The summed E-state index contributed by atoms with van der Waals surface area (Å²) in [4.78, 5) is 0. The van der Waals surface area contributed by atoms with Gasteiger partial charge >= 0.3 is 0 Å². The Morgan fingerprint density at radius 2 is 2.05 bits per heavy atom. The molecule has 0 saturated carbocycles. The van der Waals surface area contributed by atoms with Crippen LogP contribution in [0.4, 0.5) is 10.1 Å². The van der Waals surface area contributed by atoms with Crippen LogP contribution < -0.4 is 5.32 Å². The van der Waals surface area contributed by atoms with E-state index in [1.54, 1.807) is 6.07 Å². The summed E-state index contributed by atoms with van der Waals surface area (Å²) >= 11 is 3.42. The molecule has 2 nitrogen and oxygen atoms in total. The molecular formula is C15H12BrFN2. The predicted molar refractivity (Wildman–Crippen MR) is 77.3 cm³/mol. The molecule has 4 heteroatoms. The van der Waals surface area contributed by atoms with Crippen LogP contribution in [0.15, 0.2) is 40.9 Å². The van der Waals surface area contributed by atoms with E-state index < -0.39 is 0 Å². The molecule has 0 aliphatic rings. The van der Waals surface area contributed by atoms with E-state index in [0.717, 1.165) is 15.7 Å². The molecule has 2 aromatic rings. The maximum absolute atomic E-state index is 13.6. The minimum Gasteiger partial charge on any atom is -0.381 e. The monoisotopic (exact) mass is 318 g/mol. The smallest absolute Gasteiger partial charge is 0.128 e. The van der Waals surface area contributed by atoms with Crippen LogP contribution in [0.3, 0.4) is 0 Å². The van der Waals surface area contributed by atoms with E-state index in [0.29, 0.717) is 17.7 Å². The average molecular weight is 319 g/mol. The molecule has 2 rings (SSSR count). The van der Waals surface area contributed by atoms with E-state index in [4.69, 9.17) is 5.26 Å². The van der Waals surface area contributed by atoms with Gasteiger partial charge in [0, 0.05) is 22.3 Å². The normalized spacial score (nSPS) is 10.0. The molecule has 0 amide bonds. The fraction of sp³-hybridized carbons (Fsp3) is 0.133. The van der Waals surface area contributed by atoms with Crippen LogP contribution in [0.2, 0.25) is 0 Å². The van der Waals surface area contributed by atoms with E-state index in [1.165, 1.54) is 12.1 Å². The number of rotatable bonds is 3. The minimum atomic E-state index is -0.307. The molecule has 0 heterocycles. The van der Waals surface area contributed by atoms with Crippen molar-refractivity contribution in [2.24, 2.45) is 0 Å². The Bertz CT molecular complexity index is 627. The lowest BCUT2D eigenvalue weighted by atomic mass is 10.1. The molecule has 0 spiro atoms. The van der Waals surface area contributed by atoms with Crippen molar-refractivity contribution in [2.45, 2.75) is 13.5 Å². The molecule has 0 aliphatic carbocycles. The zero-order valence-electron chi connectivity index (χ0n) is 10.4. The fourth-order valence-electron chi connectivity index (χ4n) is 1.82. The molecule has 19 heavy (non-hydrogen) atoms. The van der Waals surface area contributed by atoms with Crippen molar-refractivity contribution in [1.29, 1.82) is 5.26 Å². The van der Waals surface area contributed by atoms with Crippen molar-refractivity contribution in [3.05, 3.63) is 63.4 Å². The topological polar surface area (TPSA) is 35.8 Å². The number of benzene rings is 2. The van der Waals surface area contributed by atoms with Crippen molar-refractivity contribution in [1.82, 2.24) is 0 Å². The number of nitriles is 1. The van der Waals surface area contributed by atoms with Crippen LogP contribution in [0, 0.1) is 24.1 Å². The van der Waals surface area contributed by atoms with E-state index in [1.807, 2.05) is 31.2 Å². The zero-order chi connectivity index (χ0) is 13.8. The Labute approximate surface area is 120 Å². The number of nitrogens with one attached hydrogen (secondary N) is 1. The number of hydrogen-bond donors (Lipinski definition) is 1. The van der Waals surface area contributed by atoms with Gasteiger partial charge in [0.05, 0.1) is 11.6 Å². The molecule has 0 radical (unpaired) electrons. The standard InChI is InChI=1S/C15H12BrFN2/c1-10-4-13(16)7-14(5-10)19-9-12-6-11(8-18)2-3-15(12)17/h2-7,19H,9H2,1H3. The van der Waals surface area contributed by atoms with Crippen molar-refractivity contribution in [3.8, 4) is 6.07 Å². The molecule has 2 aromatic carbocycles. The number of aryl methyl sites for hydroxylation is 1. The summed E-state index contributed by atoms with van der Waals surface area (Å²) in [5.41, 5.74) is 2.97. The Balaban J connectivity index is 2.16. The lowest BCUT2D eigenvalue weighted by Gasteiger charge is -2.09. The maximum Gasteiger partial charge on any atom is 0.128 e. The summed E-state index contributed by atoms with van der Waals surface area (Å²) < 4.78 is 14.6. The summed E-state index contributed by atoms with van der Waals surface area (Å²) in [6.07, 6.45) is 0. The molecule has 0 aromatic heterocycles. The van der Waals surface area contributed by atoms with Crippen molar-refractivity contribution in [2.75, 3.05) is 5.32 Å². The third-order valence-electron chi connectivity index (χ3n) is 2.70. The van der Waals surface area contributed by atoms with Gasteiger partial charge in [0.2, 0.25) is 0 Å². The summed E-state index contributed by atoms with van der Waals surface area (Å²) in [5, 5.41) is 12.0. The summed E-state index contributed by atoms with van der Waals surface area (Å²) in [5.74, 6) is -0.307. The largest absolute Gasteiger partial charge is 0.381 e. The Morgan fingerprint density at radius 1 is 1.26 bits per heavy atom. The third-order valence-corrected chi connectivity index (χ3v) is 3.16. The SMILES string of the molecule is Cc1cc(Br)cc(NCc2cc(C#N)ccc2F)c1. The van der Waals surface area contributed by atoms with Crippen molar-refractivity contribution in [3.63, 3.8) is 0 Å². The highest BCUT2D eigenvalue weighted by molar-refractivity contribution is 9.10. The zero-order valence-corrected chi connectivity index (χ0v) is 12.0. The van der Waals surface area contributed by atoms with Gasteiger partial charge in [0.1, 0.15) is 5.82 Å². The first-order chi connectivity index (χ1) is 9.08. The molecule has 0 atom stereocenters. The van der Waals surface area contributed by atoms with Gasteiger partial charge < -0.3 is 5.32 Å². The molecule has 96 valence electrons. The average Bonchev–Trinajstić information content (AvgIpc) is 2.37. The second kappa shape index (κ2) is 5.85. The minimum absolute atomic E-state index is 0.307. The molecule has 0 bridgehead atoms. The van der Waals surface area contributed by atoms with Gasteiger partial charge in [-0.2, -0.15) is 5.26 Å². The second-order valence-electron chi connectivity index (χ2n) is 4.29. The van der Waals surface area contributed by atoms with Gasteiger partial charge in [-0.1, -0.05) is 15.9 Å². The Morgan fingerprint density at radius 3 is 2.74 bits per heavy atom. The van der Waals surface area contributed by atoms with Gasteiger partial charge in [-0.15, -0.1) is 0 Å². The fourth-order valence-corrected chi connectivity index (χ4v) is 2.42. The van der Waals surface area contributed by atoms with E-state index in [9.17, 15) is 4.39 Å². The maximum atomic E-state index is 13.6. The van der Waals surface area contributed by atoms with Crippen molar-refractivity contribution >= 4 is 21.6 Å². The van der Waals surface area contributed by atoms with Crippen LogP contribution in [0.1, 0.15) is 16.7 Å². The highest BCUT2D eigenvalue weighted by Crippen LogP contribution is 2.20. The highest BCUT2D eigenvalue weighted by Gasteiger charge is 2.04. The molecule has 0 unspecified atom stereocenters. The first-order valence-electron chi connectivity index (χ1n) is 5.78. The third kappa shape index (κ3) is 3.55. The van der Waals surface area contributed by atoms with Crippen LogP contribution in [0.5, 0.6) is 0 Å². The van der Waals surface area contributed by atoms with Crippen LogP contribution in [-0.4, -0.2) is 0 Å². The van der Waals surface area contributed by atoms with Gasteiger partial charge in [-0.25, -0.2) is 4.39 Å². The summed E-state index contributed by atoms with van der Waals surface area (Å²) in [6, 6.07) is 12.3. The first kappa shape index (κ1) is 13.6. The molecular weight excluding hydrogens is 307 g/mol. The molecule has 1 N–H and O–H groups in total. The first-order valence-corrected chi connectivity index (χ1v) is 6.57. The van der Waals surface area contributed by atoms with E-state index in [-0.39, 0.29) is 5.82 Å². The van der Waals surface area contributed by atoms with Gasteiger partial charge in [0.25, 0.3) is 0 Å². The summed E-state index contributed by atoms with van der Waals surface area (Å²) in [6.45, 7) is 2.34. The Hall–Kier alpha value is -1.86. The van der Waals surface area contributed by atoms with E-state index >= 15 is 0 Å². The summed E-state index contributed by atoms with van der Waals surface area (Å²) in [7, 11) is 0. The number of nitrogens with zero attached hydrogens (tertiary/aromatic N) is 1. The highest BCUT2D eigenvalue weighted by atomic mass is 79.9. The predicted octanol–water partition coefficient (Wildman–Crippen LogP) is 4.38.